The molecule has 0 fully saturated rings. The molecule has 0 N–H and O–H groups in total. The number of hydrogen-bond donors (Lipinski definition) is 0. The maximum atomic E-state index is 12.2. The molecule has 0 aromatic heterocycles. The van der Waals surface area contributed by atoms with Crippen molar-refractivity contribution in [3.8, 4) is 0 Å². The van der Waals surface area contributed by atoms with Gasteiger partial charge in [-0.15, -0.1) is 11.8 Å². The Morgan fingerprint density at radius 2 is 1.89 bits per heavy atom. The first kappa shape index (κ1) is 14.2. The summed E-state index contributed by atoms with van der Waals surface area (Å²) in [5.74, 6) is 0.970. The van der Waals surface area contributed by atoms with Crippen LogP contribution >= 0.6 is 23.4 Å². The van der Waals surface area contributed by atoms with E-state index in [1.807, 2.05) is 37.3 Å². The summed E-state index contributed by atoms with van der Waals surface area (Å²) in [5.41, 5.74) is 1.92. The average molecular weight is 291 g/mol. The summed E-state index contributed by atoms with van der Waals surface area (Å²) in [6.45, 7) is 1.94. The summed E-state index contributed by atoms with van der Waals surface area (Å²) in [5, 5.41) is 0.532. The zero-order chi connectivity index (χ0) is 13.7. The second-order valence-electron chi connectivity index (χ2n) is 4.31. The molecule has 0 spiro atoms. The number of thioether (sulfide) groups is 1. The SMILES string of the molecule is CC(SCc1ccccc1)C(=O)c1cccc(Cl)c1. The number of rotatable bonds is 5. The molecule has 2 aromatic rings. The smallest absolute Gasteiger partial charge is 0.175 e. The van der Waals surface area contributed by atoms with E-state index in [0.717, 1.165) is 5.75 Å². The maximum Gasteiger partial charge on any atom is 0.175 e. The van der Waals surface area contributed by atoms with E-state index in [9.17, 15) is 4.79 Å². The summed E-state index contributed by atoms with van der Waals surface area (Å²) < 4.78 is 0. The van der Waals surface area contributed by atoms with Gasteiger partial charge in [0.25, 0.3) is 0 Å². The van der Waals surface area contributed by atoms with Gasteiger partial charge in [0.15, 0.2) is 5.78 Å². The summed E-state index contributed by atoms with van der Waals surface area (Å²) in [4.78, 5) is 12.2. The Balaban J connectivity index is 1.96. The normalized spacial score (nSPS) is 12.1. The van der Waals surface area contributed by atoms with Gasteiger partial charge in [-0.2, -0.15) is 0 Å². The first-order valence-electron chi connectivity index (χ1n) is 6.12. The second kappa shape index (κ2) is 6.78. The number of carbonyl (C=O) groups is 1. The lowest BCUT2D eigenvalue weighted by molar-refractivity contribution is 0.0994. The van der Waals surface area contributed by atoms with Crippen molar-refractivity contribution in [3.63, 3.8) is 0 Å². The van der Waals surface area contributed by atoms with Crippen LogP contribution in [-0.4, -0.2) is 11.0 Å². The van der Waals surface area contributed by atoms with Gasteiger partial charge in [0.1, 0.15) is 0 Å². The molecule has 0 saturated carbocycles. The van der Waals surface area contributed by atoms with Crippen molar-refractivity contribution < 1.29 is 4.79 Å². The third-order valence-electron chi connectivity index (χ3n) is 2.82. The molecule has 98 valence electrons. The third kappa shape index (κ3) is 4.12. The molecular weight excluding hydrogens is 276 g/mol. The van der Waals surface area contributed by atoms with Crippen molar-refractivity contribution in [3.05, 3.63) is 70.7 Å². The highest BCUT2D eigenvalue weighted by molar-refractivity contribution is 7.99. The number of benzene rings is 2. The van der Waals surface area contributed by atoms with Crippen LogP contribution in [0.5, 0.6) is 0 Å². The molecule has 1 nitrogen and oxygen atoms in total. The van der Waals surface area contributed by atoms with Crippen molar-refractivity contribution in [2.45, 2.75) is 17.9 Å². The zero-order valence-corrected chi connectivity index (χ0v) is 12.2. The standard InChI is InChI=1S/C16H15ClOS/c1-12(19-11-13-6-3-2-4-7-13)16(18)14-8-5-9-15(17)10-14/h2-10,12H,11H2,1H3. The van der Waals surface area contributed by atoms with Crippen LogP contribution in [-0.2, 0) is 5.75 Å². The van der Waals surface area contributed by atoms with E-state index < -0.39 is 0 Å². The summed E-state index contributed by atoms with van der Waals surface area (Å²) in [6, 6.07) is 17.3. The molecule has 0 aliphatic rings. The number of carbonyl (C=O) groups excluding carboxylic acids is 1. The topological polar surface area (TPSA) is 17.1 Å². The number of hydrogen-bond acceptors (Lipinski definition) is 2. The van der Waals surface area contributed by atoms with Gasteiger partial charge in [0.05, 0.1) is 5.25 Å². The van der Waals surface area contributed by atoms with Gasteiger partial charge in [-0.1, -0.05) is 54.1 Å². The highest BCUT2D eigenvalue weighted by Gasteiger charge is 2.15. The third-order valence-corrected chi connectivity index (χ3v) is 4.27. The minimum absolute atomic E-state index is 0.0707. The van der Waals surface area contributed by atoms with Gasteiger partial charge < -0.3 is 0 Å². The Hall–Kier alpha value is -1.25. The summed E-state index contributed by atoms with van der Waals surface area (Å²) in [6.07, 6.45) is 0. The molecule has 0 amide bonds. The largest absolute Gasteiger partial charge is 0.293 e. The molecular formula is C16H15ClOS. The fourth-order valence-electron chi connectivity index (χ4n) is 1.75. The van der Waals surface area contributed by atoms with Crippen LogP contribution in [0, 0.1) is 0 Å². The molecule has 0 radical (unpaired) electrons. The van der Waals surface area contributed by atoms with E-state index >= 15 is 0 Å². The van der Waals surface area contributed by atoms with E-state index in [1.165, 1.54) is 5.56 Å². The van der Waals surface area contributed by atoms with Gasteiger partial charge >= 0.3 is 0 Å². The minimum Gasteiger partial charge on any atom is -0.293 e. The van der Waals surface area contributed by atoms with E-state index in [1.54, 1.807) is 23.9 Å². The Kier molecular flexibility index (Phi) is 5.06. The van der Waals surface area contributed by atoms with Crippen LogP contribution in [0.3, 0.4) is 0 Å². The first-order chi connectivity index (χ1) is 9.16. The summed E-state index contributed by atoms with van der Waals surface area (Å²) >= 11 is 7.55. The fraction of sp³-hybridized carbons (Fsp3) is 0.188. The Labute approximate surface area is 123 Å². The minimum atomic E-state index is -0.0707. The van der Waals surface area contributed by atoms with Gasteiger partial charge in [-0.05, 0) is 24.6 Å². The lowest BCUT2D eigenvalue weighted by Gasteiger charge is -2.10. The molecule has 0 saturated heterocycles. The number of halogens is 1. The van der Waals surface area contributed by atoms with Crippen molar-refractivity contribution >= 4 is 29.1 Å². The fourth-order valence-corrected chi connectivity index (χ4v) is 2.86. The highest BCUT2D eigenvalue weighted by Crippen LogP contribution is 2.22. The van der Waals surface area contributed by atoms with Crippen molar-refractivity contribution in [1.29, 1.82) is 0 Å². The van der Waals surface area contributed by atoms with Gasteiger partial charge in [0, 0.05) is 16.3 Å². The molecule has 2 rings (SSSR count). The van der Waals surface area contributed by atoms with Crippen molar-refractivity contribution in [1.82, 2.24) is 0 Å². The zero-order valence-electron chi connectivity index (χ0n) is 10.7. The van der Waals surface area contributed by atoms with Crippen LogP contribution < -0.4 is 0 Å². The van der Waals surface area contributed by atoms with E-state index in [2.05, 4.69) is 12.1 Å². The van der Waals surface area contributed by atoms with Crippen molar-refractivity contribution in [2.75, 3.05) is 0 Å². The van der Waals surface area contributed by atoms with Crippen LogP contribution in [0.1, 0.15) is 22.8 Å². The quantitative estimate of drug-likeness (QED) is 0.733. The van der Waals surface area contributed by atoms with Gasteiger partial charge in [0.2, 0.25) is 0 Å². The molecule has 1 atom stereocenters. The first-order valence-corrected chi connectivity index (χ1v) is 7.55. The molecule has 0 aliphatic heterocycles. The second-order valence-corrected chi connectivity index (χ2v) is 6.08. The molecule has 0 aliphatic carbocycles. The highest BCUT2D eigenvalue weighted by atomic mass is 35.5. The molecule has 0 heterocycles. The van der Waals surface area contributed by atoms with Gasteiger partial charge in [-0.25, -0.2) is 0 Å². The Morgan fingerprint density at radius 1 is 1.16 bits per heavy atom. The van der Waals surface area contributed by atoms with E-state index in [4.69, 9.17) is 11.6 Å². The lowest BCUT2D eigenvalue weighted by atomic mass is 10.1. The monoisotopic (exact) mass is 290 g/mol. The average Bonchev–Trinajstić information content (AvgIpc) is 2.45. The lowest BCUT2D eigenvalue weighted by Crippen LogP contribution is -2.13. The molecule has 0 bridgehead atoms. The molecule has 3 heteroatoms. The molecule has 2 aromatic carbocycles. The number of ketones is 1. The maximum absolute atomic E-state index is 12.2. The van der Waals surface area contributed by atoms with Crippen LogP contribution in [0.15, 0.2) is 54.6 Å². The van der Waals surface area contributed by atoms with E-state index in [0.29, 0.717) is 10.6 Å². The van der Waals surface area contributed by atoms with Gasteiger partial charge in [-0.3, -0.25) is 4.79 Å². The number of Topliss-reactive ketones (excluding diaryl/α,β-unsaturated/α-hetero) is 1. The van der Waals surface area contributed by atoms with Crippen LogP contribution in [0.2, 0.25) is 5.02 Å². The molecule has 19 heavy (non-hydrogen) atoms. The Bertz CT molecular complexity index is 554. The summed E-state index contributed by atoms with van der Waals surface area (Å²) in [7, 11) is 0. The predicted molar refractivity (Wildman–Crippen MR) is 83.0 cm³/mol. The molecule has 1 unspecified atom stereocenters. The van der Waals surface area contributed by atoms with Crippen LogP contribution in [0.4, 0.5) is 0 Å². The van der Waals surface area contributed by atoms with Crippen molar-refractivity contribution in [2.24, 2.45) is 0 Å². The Morgan fingerprint density at radius 3 is 2.58 bits per heavy atom. The van der Waals surface area contributed by atoms with E-state index in [-0.39, 0.29) is 11.0 Å². The predicted octanol–water partition coefficient (Wildman–Crippen LogP) is 4.84. The van der Waals surface area contributed by atoms with Crippen LogP contribution in [0.25, 0.3) is 0 Å².